The van der Waals surface area contributed by atoms with Crippen LogP contribution in [0.1, 0.15) is 30.1 Å². The summed E-state index contributed by atoms with van der Waals surface area (Å²) in [6.45, 7) is 3.44. The Morgan fingerprint density at radius 3 is 2.86 bits per heavy atom. The zero-order valence-corrected chi connectivity index (χ0v) is 12.6. The van der Waals surface area contributed by atoms with Gasteiger partial charge in [-0.3, -0.25) is 9.48 Å². The molecule has 0 atom stereocenters. The Bertz CT molecular complexity index is 647. The zero-order valence-electron chi connectivity index (χ0n) is 11.8. The number of carboxylic acid groups (broad SMARTS) is 1. The Morgan fingerprint density at radius 2 is 2.24 bits per heavy atom. The molecular formula is C13H17N5O2S. The van der Waals surface area contributed by atoms with Crippen LogP contribution in [0.15, 0.2) is 17.6 Å². The number of hydrogen-bond acceptors (Lipinski definition) is 5. The van der Waals surface area contributed by atoms with E-state index >= 15 is 0 Å². The Kier molecular flexibility index (Phi) is 3.96. The standard InChI is InChI=1S/C13H17N5O2S/c1-9-6-14-17(7-9)4-5-18-12(10-2-3-10)15-16-13(18)21-8-11(19)20/h6-7,10H,2-5,8H2,1H3,(H,19,20). The lowest BCUT2D eigenvalue weighted by Crippen LogP contribution is -2.12. The van der Waals surface area contributed by atoms with E-state index in [0.717, 1.165) is 30.8 Å². The van der Waals surface area contributed by atoms with E-state index in [9.17, 15) is 4.79 Å². The Labute approximate surface area is 126 Å². The predicted octanol–water partition coefficient (Wildman–Crippen LogP) is 1.54. The number of hydrogen-bond donors (Lipinski definition) is 1. The highest BCUT2D eigenvalue weighted by Gasteiger charge is 2.30. The molecule has 3 rings (SSSR count). The maximum Gasteiger partial charge on any atom is 0.313 e. The summed E-state index contributed by atoms with van der Waals surface area (Å²) in [5.74, 6) is 0.622. The van der Waals surface area contributed by atoms with E-state index in [1.165, 1.54) is 11.8 Å². The topological polar surface area (TPSA) is 85.8 Å². The number of thioether (sulfide) groups is 1. The average Bonchev–Trinajstić information content (AvgIpc) is 3.08. The van der Waals surface area contributed by atoms with Gasteiger partial charge in [0.2, 0.25) is 0 Å². The molecule has 2 heterocycles. The molecule has 1 fully saturated rings. The van der Waals surface area contributed by atoms with Crippen LogP contribution in [0.3, 0.4) is 0 Å². The lowest BCUT2D eigenvalue weighted by molar-refractivity contribution is -0.133. The van der Waals surface area contributed by atoms with Gasteiger partial charge in [0.05, 0.1) is 18.5 Å². The van der Waals surface area contributed by atoms with Crippen molar-refractivity contribution in [1.29, 1.82) is 0 Å². The minimum absolute atomic E-state index is 0.00365. The first-order chi connectivity index (χ1) is 10.1. The first-order valence-corrected chi connectivity index (χ1v) is 7.89. The molecule has 2 aromatic heterocycles. The normalized spacial score (nSPS) is 14.5. The number of aromatic nitrogens is 5. The molecule has 1 N–H and O–H groups in total. The van der Waals surface area contributed by atoms with Crippen LogP contribution in [0, 0.1) is 6.92 Å². The van der Waals surface area contributed by atoms with E-state index in [4.69, 9.17) is 5.11 Å². The van der Waals surface area contributed by atoms with Crippen LogP contribution in [0.4, 0.5) is 0 Å². The zero-order chi connectivity index (χ0) is 14.8. The maximum absolute atomic E-state index is 10.7. The first kappa shape index (κ1) is 14.1. The summed E-state index contributed by atoms with van der Waals surface area (Å²) in [4.78, 5) is 10.7. The molecule has 2 aromatic rings. The average molecular weight is 307 g/mol. The molecule has 1 saturated carbocycles. The third kappa shape index (κ3) is 3.44. The van der Waals surface area contributed by atoms with Gasteiger partial charge < -0.3 is 9.67 Å². The van der Waals surface area contributed by atoms with E-state index in [2.05, 4.69) is 15.3 Å². The van der Waals surface area contributed by atoms with Crippen molar-refractivity contribution in [3.63, 3.8) is 0 Å². The van der Waals surface area contributed by atoms with Crippen molar-refractivity contribution in [3.8, 4) is 0 Å². The fraction of sp³-hybridized carbons (Fsp3) is 0.538. The van der Waals surface area contributed by atoms with Crippen LogP contribution in [-0.2, 0) is 17.9 Å². The van der Waals surface area contributed by atoms with Crippen LogP contribution in [-0.4, -0.2) is 41.4 Å². The van der Waals surface area contributed by atoms with Crippen LogP contribution in [0.5, 0.6) is 0 Å². The maximum atomic E-state index is 10.7. The molecule has 0 amide bonds. The molecule has 112 valence electrons. The molecule has 1 aliphatic rings. The second-order valence-corrected chi connectivity index (χ2v) is 6.17. The van der Waals surface area contributed by atoms with E-state index in [0.29, 0.717) is 17.6 Å². The van der Waals surface area contributed by atoms with E-state index < -0.39 is 5.97 Å². The van der Waals surface area contributed by atoms with Crippen molar-refractivity contribution in [2.24, 2.45) is 0 Å². The number of nitrogens with zero attached hydrogens (tertiary/aromatic N) is 5. The molecule has 0 unspecified atom stereocenters. The monoisotopic (exact) mass is 307 g/mol. The van der Waals surface area contributed by atoms with Crippen molar-refractivity contribution < 1.29 is 9.90 Å². The number of carbonyl (C=O) groups is 1. The van der Waals surface area contributed by atoms with Gasteiger partial charge in [-0.25, -0.2) is 0 Å². The lowest BCUT2D eigenvalue weighted by Gasteiger charge is -2.09. The molecule has 0 aromatic carbocycles. The number of aliphatic carboxylic acids is 1. The Morgan fingerprint density at radius 1 is 1.43 bits per heavy atom. The third-order valence-electron chi connectivity index (χ3n) is 3.33. The number of carboxylic acids is 1. The summed E-state index contributed by atoms with van der Waals surface area (Å²) >= 11 is 1.22. The molecule has 0 bridgehead atoms. The van der Waals surface area contributed by atoms with Gasteiger partial charge in [0.25, 0.3) is 0 Å². The SMILES string of the molecule is Cc1cnn(CCn2c(SCC(=O)O)nnc2C2CC2)c1. The molecular weight excluding hydrogens is 290 g/mol. The minimum Gasteiger partial charge on any atom is -0.481 e. The Hall–Kier alpha value is -1.83. The van der Waals surface area contributed by atoms with Crippen molar-refractivity contribution in [2.45, 2.75) is 43.9 Å². The highest BCUT2D eigenvalue weighted by atomic mass is 32.2. The molecule has 8 heteroatoms. The first-order valence-electron chi connectivity index (χ1n) is 6.90. The Balaban J connectivity index is 1.73. The van der Waals surface area contributed by atoms with Crippen LogP contribution in [0.2, 0.25) is 0 Å². The molecule has 1 aliphatic carbocycles. The second-order valence-electron chi connectivity index (χ2n) is 5.23. The highest BCUT2D eigenvalue weighted by molar-refractivity contribution is 7.99. The minimum atomic E-state index is -0.842. The fourth-order valence-electron chi connectivity index (χ4n) is 2.18. The summed E-state index contributed by atoms with van der Waals surface area (Å²) in [7, 11) is 0. The van der Waals surface area contributed by atoms with E-state index in [-0.39, 0.29) is 5.75 Å². The van der Waals surface area contributed by atoms with Gasteiger partial charge in [-0.05, 0) is 25.3 Å². The molecule has 21 heavy (non-hydrogen) atoms. The molecule has 7 nitrogen and oxygen atoms in total. The summed E-state index contributed by atoms with van der Waals surface area (Å²) in [5, 5.41) is 22.2. The van der Waals surface area contributed by atoms with Crippen LogP contribution in [0.25, 0.3) is 0 Å². The number of aryl methyl sites for hydroxylation is 2. The van der Waals surface area contributed by atoms with Gasteiger partial charge in [-0.1, -0.05) is 11.8 Å². The van der Waals surface area contributed by atoms with Crippen LogP contribution < -0.4 is 0 Å². The van der Waals surface area contributed by atoms with E-state index in [1.807, 2.05) is 28.6 Å². The van der Waals surface area contributed by atoms with Gasteiger partial charge in [-0.15, -0.1) is 10.2 Å². The molecule has 0 radical (unpaired) electrons. The second kappa shape index (κ2) is 5.88. The number of rotatable bonds is 7. The predicted molar refractivity (Wildman–Crippen MR) is 77.3 cm³/mol. The van der Waals surface area contributed by atoms with Crippen molar-refractivity contribution in [2.75, 3.05) is 5.75 Å². The van der Waals surface area contributed by atoms with Crippen molar-refractivity contribution in [1.82, 2.24) is 24.5 Å². The van der Waals surface area contributed by atoms with Gasteiger partial charge in [0.1, 0.15) is 5.82 Å². The largest absolute Gasteiger partial charge is 0.481 e. The molecule has 0 aliphatic heterocycles. The summed E-state index contributed by atoms with van der Waals surface area (Å²) < 4.78 is 3.93. The molecule has 0 saturated heterocycles. The van der Waals surface area contributed by atoms with E-state index in [1.54, 1.807) is 0 Å². The summed E-state index contributed by atoms with van der Waals surface area (Å²) in [6.07, 6.45) is 6.10. The quantitative estimate of drug-likeness (QED) is 0.781. The smallest absolute Gasteiger partial charge is 0.313 e. The van der Waals surface area contributed by atoms with Crippen molar-refractivity contribution >= 4 is 17.7 Å². The highest BCUT2D eigenvalue weighted by Crippen LogP contribution is 2.40. The van der Waals surface area contributed by atoms with Gasteiger partial charge in [-0.2, -0.15) is 5.10 Å². The van der Waals surface area contributed by atoms with Gasteiger partial charge >= 0.3 is 5.97 Å². The van der Waals surface area contributed by atoms with Crippen LogP contribution >= 0.6 is 11.8 Å². The third-order valence-corrected chi connectivity index (χ3v) is 4.28. The van der Waals surface area contributed by atoms with Gasteiger partial charge in [0, 0.05) is 18.7 Å². The van der Waals surface area contributed by atoms with Gasteiger partial charge in [0.15, 0.2) is 5.16 Å². The lowest BCUT2D eigenvalue weighted by atomic mass is 10.4. The van der Waals surface area contributed by atoms with Crippen molar-refractivity contribution in [3.05, 3.63) is 23.8 Å². The summed E-state index contributed by atoms with van der Waals surface area (Å²) in [5.41, 5.74) is 1.13. The molecule has 0 spiro atoms. The fourth-order valence-corrected chi connectivity index (χ4v) is 2.87. The summed E-state index contributed by atoms with van der Waals surface area (Å²) in [6, 6.07) is 0.